The van der Waals surface area contributed by atoms with E-state index >= 15 is 0 Å². The van der Waals surface area contributed by atoms with E-state index in [1.807, 2.05) is 42.6 Å². The molecule has 146 valence electrons. The third-order valence-corrected chi connectivity index (χ3v) is 5.43. The van der Waals surface area contributed by atoms with E-state index in [9.17, 15) is 4.79 Å². The normalized spacial score (nSPS) is 19.8. The fourth-order valence-electron chi connectivity index (χ4n) is 3.91. The molecule has 0 aromatic heterocycles. The van der Waals surface area contributed by atoms with E-state index in [4.69, 9.17) is 4.74 Å². The zero-order chi connectivity index (χ0) is 19.3. The SMILES string of the molecule is COc1ccccc1N1CCN(CC(=O)N2N=CC[C@H]2c2ccccc2)CC1. The van der Waals surface area contributed by atoms with E-state index in [2.05, 4.69) is 33.1 Å². The molecule has 28 heavy (non-hydrogen) atoms. The molecule has 2 aromatic rings. The van der Waals surface area contributed by atoms with Crippen molar-refractivity contribution in [2.45, 2.75) is 12.5 Å². The van der Waals surface area contributed by atoms with Crippen molar-refractivity contribution in [1.29, 1.82) is 0 Å². The van der Waals surface area contributed by atoms with Gasteiger partial charge in [0.15, 0.2) is 0 Å². The molecule has 1 saturated heterocycles. The summed E-state index contributed by atoms with van der Waals surface area (Å²) in [5.41, 5.74) is 2.25. The van der Waals surface area contributed by atoms with Crippen LogP contribution in [0.1, 0.15) is 18.0 Å². The van der Waals surface area contributed by atoms with Gasteiger partial charge in [-0.2, -0.15) is 5.10 Å². The summed E-state index contributed by atoms with van der Waals surface area (Å²) >= 11 is 0. The molecule has 4 rings (SSSR count). The number of rotatable bonds is 5. The van der Waals surface area contributed by atoms with Gasteiger partial charge in [-0.15, -0.1) is 0 Å². The second-order valence-electron chi connectivity index (χ2n) is 7.13. The first-order valence-electron chi connectivity index (χ1n) is 9.76. The number of ether oxygens (including phenoxy) is 1. The van der Waals surface area contributed by atoms with Gasteiger partial charge in [-0.1, -0.05) is 42.5 Å². The van der Waals surface area contributed by atoms with Crippen LogP contribution in [-0.4, -0.2) is 61.9 Å². The number of benzene rings is 2. The molecule has 2 aromatic carbocycles. The van der Waals surface area contributed by atoms with Crippen LogP contribution >= 0.6 is 0 Å². The van der Waals surface area contributed by atoms with Crippen molar-refractivity contribution in [3.05, 3.63) is 60.2 Å². The van der Waals surface area contributed by atoms with E-state index in [0.29, 0.717) is 6.54 Å². The lowest BCUT2D eigenvalue weighted by atomic mass is 10.0. The number of nitrogens with zero attached hydrogens (tertiary/aromatic N) is 4. The summed E-state index contributed by atoms with van der Waals surface area (Å²) in [6.45, 7) is 3.84. The van der Waals surface area contributed by atoms with Gasteiger partial charge < -0.3 is 9.64 Å². The molecular formula is C22H26N4O2. The summed E-state index contributed by atoms with van der Waals surface area (Å²) in [6, 6.07) is 18.2. The molecule has 1 fully saturated rings. The molecule has 2 heterocycles. The third-order valence-electron chi connectivity index (χ3n) is 5.43. The molecule has 0 aliphatic carbocycles. The van der Waals surface area contributed by atoms with E-state index < -0.39 is 0 Å². The number of amides is 1. The van der Waals surface area contributed by atoms with Gasteiger partial charge in [0.05, 0.1) is 25.4 Å². The van der Waals surface area contributed by atoms with Crippen LogP contribution in [-0.2, 0) is 4.79 Å². The number of anilines is 1. The Morgan fingerprint density at radius 1 is 1.04 bits per heavy atom. The van der Waals surface area contributed by atoms with Gasteiger partial charge in [-0.05, 0) is 17.7 Å². The number of hydrazone groups is 1. The molecule has 2 aliphatic rings. The second kappa shape index (κ2) is 8.44. The molecule has 0 saturated carbocycles. The first kappa shape index (κ1) is 18.5. The molecule has 0 radical (unpaired) electrons. The van der Waals surface area contributed by atoms with E-state index in [1.54, 1.807) is 12.1 Å². The molecule has 6 nitrogen and oxygen atoms in total. The van der Waals surface area contributed by atoms with Crippen LogP contribution in [0.4, 0.5) is 5.69 Å². The zero-order valence-electron chi connectivity index (χ0n) is 16.2. The molecule has 1 amide bonds. The van der Waals surface area contributed by atoms with Crippen LogP contribution in [0.5, 0.6) is 5.75 Å². The fourth-order valence-corrected chi connectivity index (χ4v) is 3.91. The Bertz CT molecular complexity index is 831. The van der Waals surface area contributed by atoms with Crippen LogP contribution in [0.2, 0.25) is 0 Å². The number of piperazine rings is 1. The summed E-state index contributed by atoms with van der Waals surface area (Å²) in [5.74, 6) is 0.956. The third kappa shape index (κ3) is 3.87. The van der Waals surface area contributed by atoms with Crippen LogP contribution in [0, 0.1) is 0 Å². The van der Waals surface area contributed by atoms with E-state index in [-0.39, 0.29) is 11.9 Å². The predicted octanol–water partition coefficient (Wildman–Crippen LogP) is 2.78. The minimum absolute atomic E-state index is 0.0172. The van der Waals surface area contributed by atoms with Crippen molar-refractivity contribution >= 4 is 17.8 Å². The molecule has 0 N–H and O–H groups in total. The summed E-state index contributed by atoms with van der Waals surface area (Å²) in [6.07, 6.45) is 2.62. The van der Waals surface area contributed by atoms with Gasteiger partial charge in [0.1, 0.15) is 5.75 Å². The average Bonchev–Trinajstić information content (AvgIpc) is 3.25. The van der Waals surface area contributed by atoms with Crippen LogP contribution in [0.15, 0.2) is 59.7 Å². The first-order chi connectivity index (χ1) is 13.8. The molecule has 0 bridgehead atoms. The Labute approximate surface area is 166 Å². The number of carbonyl (C=O) groups excluding carboxylic acids is 1. The van der Waals surface area contributed by atoms with Gasteiger partial charge in [0.25, 0.3) is 5.91 Å². The highest BCUT2D eigenvalue weighted by Gasteiger charge is 2.30. The molecule has 0 spiro atoms. The molecule has 2 aliphatic heterocycles. The number of methoxy groups -OCH3 is 1. The lowest BCUT2D eigenvalue weighted by Crippen LogP contribution is -2.49. The van der Waals surface area contributed by atoms with Gasteiger partial charge in [0.2, 0.25) is 0 Å². The summed E-state index contributed by atoms with van der Waals surface area (Å²) in [4.78, 5) is 17.4. The van der Waals surface area contributed by atoms with Crippen LogP contribution in [0.3, 0.4) is 0 Å². The number of hydrogen-bond donors (Lipinski definition) is 0. The monoisotopic (exact) mass is 378 g/mol. The molecule has 1 atom stereocenters. The summed E-state index contributed by atoms with van der Waals surface area (Å²) in [7, 11) is 1.70. The average molecular weight is 378 g/mol. The smallest absolute Gasteiger partial charge is 0.257 e. The maximum Gasteiger partial charge on any atom is 0.257 e. The minimum atomic E-state index is 0.0172. The lowest BCUT2D eigenvalue weighted by Gasteiger charge is -2.36. The summed E-state index contributed by atoms with van der Waals surface area (Å²) in [5, 5.41) is 6.00. The lowest BCUT2D eigenvalue weighted by molar-refractivity contribution is -0.134. The molecule has 0 unspecified atom stereocenters. The molecule has 6 heteroatoms. The fraction of sp³-hybridized carbons (Fsp3) is 0.364. The van der Waals surface area contributed by atoms with Crippen molar-refractivity contribution < 1.29 is 9.53 Å². The number of hydrogen-bond acceptors (Lipinski definition) is 5. The van der Waals surface area contributed by atoms with E-state index in [0.717, 1.165) is 49.6 Å². The Balaban J connectivity index is 1.34. The van der Waals surface area contributed by atoms with Crippen molar-refractivity contribution in [3.8, 4) is 5.75 Å². The Hall–Kier alpha value is -2.86. The zero-order valence-corrected chi connectivity index (χ0v) is 16.2. The van der Waals surface area contributed by atoms with E-state index in [1.165, 1.54) is 0 Å². The molecular weight excluding hydrogens is 352 g/mol. The largest absolute Gasteiger partial charge is 0.495 e. The van der Waals surface area contributed by atoms with Crippen LogP contribution < -0.4 is 9.64 Å². The Morgan fingerprint density at radius 2 is 1.75 bits per heavy atom. The predicted molar refractivity (Wildman–Crippen MR) is 111 cm³/mol. The van der Waals surface area contributed by atoms with Gasteiger partial charge in [-0.25, -0.2) is 5.01 Å². The van der Waals surface area contributed by atoms with Gasteiger partial charge >= 0.3 is 0 Å². The maximum absolute atomic E-state index is 12.9. The standard InChI is InChI=1S/C22H26N4O2/c1-28-21-10-6-5-9-20(21)25-15-13-24(14-16-25)17-22(27)26-19(11-12-23-26)18-7-3-2-4-8-18/h2-10,12,19H,11,13-17H2,1H3/t19-/m0/s1. The highest BCUT2D eigenvalue weighted by atomic mass is 16.5. The van der Waals surface area contributed by atoms with Crippen molar-refractivity contribution in [1.82, 2.24) is 9.91 Å². The maximum atomic E-state index is 12.9. The van der Waals surface area contributed by atoms with Crippen molar-refractivity contribution in [2.24, 2.45) is 5.10 Å². The van der Waals surface area contributed by atoms with Crippen molar-refractivity contribution in [2.75, 3.05) is 44.7 Å². The second-order valence-corrected chi connectivity index (χ2v) is 7.13. The Morgan fingerprint density at radius 3 is 2.50 bits per heavy atom. The first-order valence-corrected chi connectivity index (χ1v) is 9.76. The topological polar surface area (TPSA) is 48.4 Å². The van der Waals surface area contributed by atoms with Gasteiger partial charge in [0, 0.05) is 38.8 Å². The minimum Gasteiger partial charge on any atom is -0.495 e. The quantitative estimate of drug-likeness (QED) is 0.803. The van der Waals surface area contributed by atoms with Crippen LogP contribution in [0.25, 0.3) is 0 Å². The number of carbonyl (C=O) groups is 1. The highest BCUT2D eigenvalue weighted by Crippen LogP contribution is 2.29. The number of para-hydroxylation sites is 2. The highest BCUT2D eigenvalue weighted by molar-refractivity contribution is 5.81. The van der Waals surface area contributed by atoms with Crippen molar-refractivity contribution in [3.63, 3.8) is 0 Å². The summed E-state index contributed by atoms with van der Waals surface area (Å²) < 4.78 is 5.48. The Kier molecular flexibility index (Phi) is 5.58. The van der Waals surface area contributed by atoms with Gasteiger partial charge in [-0.3, -0.25) is 9.69 Å².